The molecule has 0 spiro atoms. The summed E-state index contributed by atoms with van der Waals surface area (Å²) in [6.45, 7) is 0.537. The number of rotatable bonds is 3. The molecular weight excluding hydrogens is 405 g/mol. The Morgan fingerprint density at radius 3 is 2.43 bits per heavy atom. The fraction of sp³-hybridized carbons (Fsp3) is 0.263. The van der Waals surface area contributed by atoms with E-state index in [1.807, 2.05) is 0 Å². The average molecular weight is 422 g/mol. The minimum Gasteiger partial charge on any atom is -0.296 e. The summed E-state index contributed by atoms with van der Waals surface area (Å²) in [4.78, 5) is 17.2. The number of aromatic nitrogens is 2. The Balaban J connectivity index is 1.56. The van der Waals surface area contributed by atoms with Crippen molar-refractivity contribution in [2.45, 2.75) is 23.8 Å². The molecule has 0 unspecified atom stereocenters. The third-order valence-electron chi connectivity index (χ3n) is 5.01. The van der Waals surface area contributed by atoms with E-state index in [0.29, 0.717) is 28.8 Å². The molecule has 1 aliphatic heterocycles. The fourth-order valence-corrected chi connectivity index (χ4v) is 5.13. The van der Waals surface area contributed by atoms with Crippen molar-refractivity contribution < 1.29 is 12.8 Å². The molecule has 4 rings (SSSR count). The lowest BCUT2D eigenvalue weighted by Crippen LogP contribution is -2.40. The highest BCUT2D eigenvalue weighted by atomic mass is 35.5. The maximum atomic E-state index is 13.1. The summed E-state index contributed by atoms with van der Waals surface area (Å²) in [5.74, 6) is -0.485. The Bertz CT molecular complexity index is 1190. The molecule has 3 aromatic rings. The van der Waals surface area contributed by atoms with Gasteiger partial charge < -0.3 is 0 Å². The molecule has 1 aliphatic rings. The van der Waals surface area contributed by atoms with Crippen LogP contribution in [0.25, 0.3) is 10.9 Å². The van der Waals surface area contributed by atoms with Gasteiger partial charge in [-0.3, -0.25) is 9.36 Å². The second kappa shape index (κ2) is 7.27. The van der Waals surface area contributed by atoms with Gasteiger partial charge in [-0.2, -0.15) is 4.31 Å². The largest absolute Gasteiger partial charge is 0.296 e. The van der Waals surface area contributed by atoms with Crippen molar-refractivity contribution in [3.63, 3.8) is 0 Å². The normalized spacial score (nSPS) is 16.5. The van der Waals surface area contributed by atoms with Gasteiger partial charge in [0.15, 0.2) is 0 Å². The third kappa shape index (κ3) is 3.43. The van der Waals surface area contributed by atoms with Crippen molar-refractivity contribution in [1.29, 1.82) is 0 Å². The first-order valence-corrected chi connectivity index (χ1v) is 10.6. The van der Waals surface area contributed by atoms with E-state index in [1.165, 1.54) is 22.8 Å². The topological polar surface area (TPSA) is 72.3 Å². The van der Waals surface area contributed by atoms with Crippen LogP contribution in [0.4, 0.5) is 4.39 Å². The van der Waals surface area contributed by atoms with Gasteiger partial charge in [-0.15, -0.1) is 0 Å². The van der Waals surface area contributed by atoms with Gasteiger partial charge >= 0.3 is 0 Å². The van der Waals surface area contributed by atoms with Crippen LogP contribution in [0.1, 0.15) is 18.9 Å². The summed E-state index contributed by atoms with van der Waals surface area (Å²) in [7, 11) is -3.69. The predicted molar refractivity (Wildman–Crippen MR) is 104 cm³/mol. The van der Waals surface area contributed by atoms with E-state index in [1.54, 1.807) is 22.8 Å². The fourth-order valence-electron chi connectivity index (χ4n) is 3.48. The summed E-state index contributed by atoms with van der Waals surface area (Å²) >= 11 is 5.99. The standard InChI is InChI=1S/C19H17ClFN3O3S/c20-13-1-6-18-17(11-13)19(25)24(12-22-18)15-7-9-23(10-8-15)28(26,27)16-4-2-14(21)3-5-16/h1-6,11-12,15H,7-10H2. The second-order valence-corrected chi connectivity index (χ2v) is 9.08. The minimum atomic E-state index is -3.69. The van der Waals surface area contributed by atoms with Crippen molar-refractivity contribution in [1.82, 2.24) is 13.9 Å². The summed E-state index contributed by atoms with van der Waals surface area (Å²) in [5, 5.41) is 0.903. The van der Waals surface area contributed by atoms with Crippen molar-refractivity contribution in [3.05, 3.63) is 70.0 Å². The second-order valence-electron chi connectivity index (χ2n) is 6.71. The van der Waals surface area contributed by atoms with Crippen molar-refractivity contribution in [2.24, 2.45) is 0 Å². The van der Waals surface area contributed by atoms with E-state index in [9.17, 15) is 17.6 Å². The molecule has 146 valence electrons. The summed E-state index contributed by atoms with van der Waals surface area (Å²) in [6, 6.07) is 9.60. The maximum Gasteiger partial charge on any atom is 0.261 e. The van der Waals surface area contributed by atoms with Gasteiger partial charge in [0.25, 0.3) is 5.56 Å². The SMILES string of the molecule is O=c1c2cc(Cl)ccc2ncn1C1CCN(S(=O)(=O)c2ccc(F)cc2)CC1. The lowest BCUT2D eigenvalue weighted by molar-refractivity contribution is 0.269. The van der Waals surface area contributed by atoms with Gasteiger partial charge in [0, 0.05) is 24.2 Å². The Hall–Kier alpha value is -2.29. The Labute approximate surface area is 166 Å². The van der Waals surface area contributed by atoms with E-state index in [2.05, 4.69) is 4.98 Å². The number of fused-ring (bicyclic) bond motifs is 1. The van der Waals surface area contributed by atoms with Gasteiger partial charge in [0.05, 0.1) is 22.1 Å². The van der Waals surface area contributed by atoms with Crippen LogP contribution >= 0.6 is 11.6 Å². The van der Waals surface area contributed by atoms with Crippen LogP contribution in [0, 0.1) is 5.82 Å². The number of hydrogen-bond donors (Lipinski definition) is 0. The Kier molecular flexibility index (Phi) is 4.95. The molecule has 0 bridgehead atoms. The summed E-state index contributed by atoms with van der Waals surface area (Å²) < 4.78 is 41.5. The van der Waals surface area contributed by atoms with Crippen LogP contribution in [0.2, 0.25) is 5.02 Å². The molecular formula is C19H17ClFN3O3S. The van der Waals surface area contributed by atoms with Crippen molar-refractivity contribution >= 4 is 32.5 Å². The Morgan fingerprint density at radius 2 is 1.75 bits per heavy atom. The molecule has 28 heavy (non-hydrogen) atoms. The zero-order valence-corrected chi connectivity index (χ0v) is 16.3. The molecule has 0 saturated carbocycles. The quantitative estimate of drug-likeness (QED) is 0.651. The number of benzene rings is 2. The first-order valence-electron chi connectivity index (χ1n) is 8.78. The van der Waals surface area contributed by atoms with Crippen LogP contribution in [0.5, 0.6) is 0 Å². The molecule has 0 N–H and O–H groups in total. The first-order chi connectivity index (χ1) is 13.4. The lowest BCUT2D eigenvalue weighted by Gasteiger charge is -2.32. The molecule has 9 heteroatoms. The average Bonchev–Trinajstić information content (AvgIpc) is 2.69. The molecule has 1 aromatic heterocycles. The number of nitrogens with zero attached hydrogens (tertiary/aromatic N) is 3. The zero-order chi connectivity index (χ0) is 19.9. The number of hydrogen-bond acceptors (Lipinski definition) is 4. The maximum absolute atomic E-state index is 13.1. The molecule has 0 aliphatic carbocycles. The highest BCUT2D eigenvalue weighted by Gasteiger charge is 2.30. The zero-order valence-electron chi connectivity index (χ0n) is 14.8. The van der Waals surface area contributed by atoms with Crippen LogP contribution in [0.15, 0.2) is 58.5 Å². The molecule has 0 atom stereocenters. The number of piperidine rings is 1. The Morgan fingerprint density at radius 1 is 1.07 bits per heavy atom. The van der Waals surface area contributed by atoms with Gasteiger partial charge in [0.1, 0.15) is 5.82 Å². The van der Waals surface area contributed by atoms with Crippen LogP contribution < -0.4 is 5.56 Å². The molecule has 6 nitrogen and oxygen atoms in total. The highest BCUT2D eigenvalue weighted by molar-refractivity contribution is 7.89. The van der Waals surface area contributed by atoms with E-state index >= 15 is 0 Å². The lowest BCUT2D eigenvalue weighted by atomic mass is 10.1. The summed E-state index contributed by atoms with van der Waals surface area (Å²) in [6.07, 6.45) is 2.47. The number of halogens is 2. The predicted octanol–water partition coefficient (Wildman–Crippen LogP) is 3.21. The smallest absolute Gasteiger partial charge is 0.261 e. The molecule has 1 saturated heterocycles. The van der Waals surface area contributed by atoms with E-state index in [0.717, 1.165) is 12.1 Å². The monoisotopic (exact) mass is 421 g/mol. The highest BCUT2D eigenvalue weighted by Crippen LogP contribution is 2.26. The summed E-state index contributed by atoms with van der Waals surface area (Å²) in [5.41, 5.74) is 0.384. The molecule has 2 aromatic carbocycles. The van der Waals surface area contributed by atoms with Crippen LogP contribution in [-0.4, -0.2) is 35.4 Å². The molecule has 1 fully saturated rings. The van der Waals surface area contributed by atoms with Crippen LogP contribution in [0.3, 0.4) is 0 Å². The van der Waals surface area contributed by atoms with Gasteiger partial charge in [-0.25, -0.2) is 17.8 Å². The van der Waals surface area contributed by atoms with Crippen molar-refractivity contribution in [3.8, 4) is 0 Å². The minimum absolute atomic E-state index is 0.0616. The third-order valence-corrected chi connectivity index (χ3v) is 7.16. The molecule has 2 heterocycles. The van der Waals surface area contributed by atoms with E-state index in [4.69, 9.17) is 11.6 Å². The van der Waals surface area contributed by atoms with Crippen LogP contribution in [-0.2, 0) is 10.0 Å². The first kappa shape index (κ1) is 19.0. The van der Waals surface area contributed by atoms with Gasteiger partial charge in [-0.1, -0.05) is 11.6 Å². The van der Waals surface area contributed by atoms with E-state index < -0.39 is 15.8 Å². The van der Waals surface area contributed by atoms with E-state index in [-0.39, 0.29) is 29.6 Å². The van der Waals surface area contributed by atoms with Gasteiger partial charge in [-0.05, 0) is 55.3 Å². The number of sulfonamides is 1. The molecule has 0 radical (unpaired) electrons. The molecule has 0 amide bonds. The van der Waals surface area contributed by atoms with Crippen molar-refractivity contribution in [2.75, 3.05) is 13.1 Å². The van der Waals surface area contributed by atoms with Gasteiger partial charge in [0.2, 0.25) is 10.0 Å².